The van der Waals surface area contributed by atoms with Crippen LogP contribution in [0.4, 0.5) is 0 Å². The van der Waals surface area contributed by atoms with E-state index in [-0.39, 0.29) is 12.6 Å². The molecule has 0 spiro atoms. The molecule has 0 atom stereocenters. The molecule has 0 unspecified atom stereocenters. The molecule has 3 nitrogen and oxygen atoms in total. The first kappa shape index (κ1) is 9.17. The van der Waals surface area contributed by atoms with Crippen molar-refractivity contribution >= 4 is 5.97 Å². The number of carbonyl (C=O) groups is 1. The number of hydrogen-bond acceptors (Lipinski definition) is 3. The topological polar surface area (TPSA) is 46.5 Å². The number of aliphatic hydroxyl groups excluding tert-OH is 1. The van der Waals surface area contributed by atoms with Crippen molar-refractivity contribution in [2.75, 3.05) is 13.2 Å². The molecule has 0 fully saturated rings. The molecule has 58 valence electrons. The summed E-state index contributed by atoms with van der Waals surface area (Å²) in [7, 11) is 0. The van der Waals surface area contributed by atoms with Crippen LogP contribution in [0.2, 0.25) is 0 Å². The van der Waals surface area contributed by atoms with Crippen LogP contribution < -0.4 is 0 Å². The van der Waals surface area contributed by atoms with Crippen molar-refractivity contribution < 1.29 is 14.6 Å². The normalized spacial score (nSPS) is 10.2. The zero-order valence-corrected chi connectivity index (χ0v) is 6.04. The van der Waals surface area contributed by atoms with Gasteiger partial charge in [0.2, 0.25) is 0 Å². The van der Waals surface area contributed by atoms with Crippen molar-refractivity contribution in [2.24, 2.45) is 0 Å². The molecule has 0 aromatic rings. The molecule has 0 saturated carbocycles. The molecular weight excluding hydrogens is 132 g/mol. The van der Waals surface area contributed by atoms with Crippen molar-refractivity contribution in [1.29, 1.82) is 0 Å². The van der Waals surface area contributed by atoms with Gasteiger partial charge in [0.15, 0.2) is 0 Å². The van der Waals surface area contributed by atoms with Crippen LogP contribution in [0, 0.1) is 0 Å². The predicted molar refractivity (Wildman–Crippen MR) is 37.5 cm³/mol. The molecule has 0 aliphatic carbocycles. The quantitative estimate of drug-likeness (QED) is 0.461. The zero-order chi connectivity index (χ0) is 7.82. The Morgan fingerprint density at radius 3 is 2.90 bits per heavy atom. The second-order valence-corrected chi connectivity index (χ2v) is 1.67. The van der Waals surface area contributed by atoms with Gasteiger partial charge in [-0.25, -0.2) is 4.79 Å². The SMILES string of the molecule is CCOC(=O)/C=C/CCO. The molecule has 0 saturated heterocycles. The van der Waals surface area contributed by atoms with Crippen molar-refractivity contribution in [3.8, 4) is 0 Å². The first-order valence-corrected chi connectivity index (χ1v) is 3.25. The fourth-order valence-electron chi connectivity index (χ4n) is 0.444. The molecule has 1 N–H and O–H groups in total. The number of ether oxygens (including phenoxy) is 1. The van der Waals surface area contributed by atoms with Gasteiger partial charge in [0.25, 0.3) is 0 Å². The van der Waals surface area contributed by atoms with E-state index in [1.165, 1.54) is 6.08 Å². The summed E-state index contributed by atoms with van der Waals surface area (Å²) < 4.78 is 4.58. The minimum Gasteiger partial charge on any atom is -0.463 e. The number of hydrogen-bond donors (Lipinski definition) is 1. The Bertz CT molecular complexity index is 118. The van der Waals surface area contributed by atoms with Gasteiger partial charge in [-0.05, 0) is 13.3 Å². The third kappa shape index (κ3) is 5.31. The molecule has 0 radical (unpaired) electrons. The lowest BCUT2D eigenvalue weighted by atomic mass is 10.4. The van der Waals surface area contributed by atoms with E-state index in [0.717, 1.165) is 0 Å². The number of aliphatic hydroxyl groups is 1. The summed E-state index contributed by atoms with van der Waals surface area (Å²) in [6.07, 6.45) is 3.40. The maximum atomic E-state index is 10.5. The van der Waals surface area contributed by atoms with Crippen LogP contribution in [0.5, 0.6) is 0 Å². The van der Waals surface area contributed by atoms with E-state index in [9.17, 15) is 4.79 Å². The fourth-order valence-corrected chi connectivity index (χ4v) is 0.444. The van der Waals surface area contributed by atoms with Gasteiger partial charge in [0.1, 0.15) is 0 Å². The molecular formula is C7H12O3. The highest BCUT2D eigenvalue weighted by Crippen LogP contribution is 1.83. The average molecular weight is 144 g/mol. The van der Waals surface area contributed by atoms with Crippen molar-refractivity contribution in [3.63, 3.8) is 0 Å². The van der Waals surface area contributed by atoms with Gasteiger partial charge < -0.3 is 9.84 Å². The molecule has 0 rings (SSSR count). The van der Waals surface area contributed by atoms with E-state index >= 15 is 0 Å². The van der Waals surface area contributed by atoms with Gasteiger partial charge in [0.05, 0.1) is 6.61 Å². The van der Waals surface area contributed by atoms with Gasteiger partial charge in [-0.2, -0.15) is 0 Å². The Morgan fingerprint density at radius 2 is 2.40 bits per heavy atom. The molecule has 0 aromatic heterocycles. The summed E-state index contributed by atoms with van der Waals surface area (Å²) in [4.78, 5) is 10.5. The van der Waals surface area contributed by atoms with Crippen LogP contribution in [-0.4, -0.2) is 24.3 Å². The lowest BCUT2D eigenvalue weighted by Gasteiger charge is -1.93. The lowest BCUT2D eigenvalue weighted by Crippen LogP contribution is -1.98. The summed E-state index contributed by atoms with van der Waals surface area (Å²) in [6, 6.07) is 0. The van der Waals surface area contributed by atoms with E-state index < -0.39 is 0 Å². The number of rotatable bonds is 4. The Labute approximate surface area is 60.3 Å². The lowest BCUT2D eigenvalue weighted by molar-refractivity contribution is -0.137. The second-order valence-electron chi connectivity index (χ2n) is 1.67. The first-order valence-electron chi connectivity index (χ1n) is 3.25. The van der Waals surface area contributed by atoms with E-state index in [4.69, 9.17) is 5.11 Å². The van der Waals surface area contributed by atoms with Crippen LogP contribution in [0.1, 0.15) is 13.3 Å². The molecule has 3 heteroatoms. The van der Waals surface area contributed by atoms with Crippen molar-refractivity contribution in [3.05, 3.63) is 12.2 Å². The van der Waals surface area contributed by atoms with Crippen molar-refractivity contribution in [1.82, 2.24) is 0 Å². The monoisotopic (exact) mass is 144 g/mol. The zero-order valence-electron chi connectivity index (χ0n) is 6.04. The van der Waals surface area contributed by atoms with Gasteiger partial charge in [-0.1, -0.05) is 6.08 Å². The molecule has 10 heavy (non-hydrogen) atoms. The van der Waals surface area contributed by atoms with Crippen LogP contribution in [0.15, 0.2) is 12.2 Å². The molecule has 0 aliphatic rings. The molecule has 0 aliphatic heterocycles. The maximum Gasteiger partial charge on any atom is 0.330 e. The summed E-state index contributed by atoms with van der Waals surface area (Å²) in [5.41, 5.74) is 0. The Hall–Kier alpha value is -0.830. The van der Waals surface area contributed by atoms with Crippen LogP contribution in [0.25, 0.3) is 0 Å². The minimum atomic E-state index is -0.351. The molecule has 0 amide bonds. The summed E-state index contributed by atoms with van der Waals surface area (Å²) in [6.45, 7) is 2.20. The van der Waals surface area contributed by atoms with E-state index in [0.29, 0.717) is 13.0 Å². The summed E-state index contributed by atoms with van der Waals surface area (Å²) in [5.74, 6) is -0.351. The standard InChI is InChI=1S/C7H12O3/c1-2-10-7(9)5-3-4-6-8/h3,5,8H,2,4,6H2,1H3/b5-3+. The van der Waals surface area contributed by atoms with Crippen LogP contribution in [0.3, 0.4) is 0 Å². The number of esters is 1. The highest BCUT2D eigenvalue weighted by Gasteiger charge is 1.90. The second kappa shape index (κ2) is 6.29. The fraction of sp³-hybridized carbons (Fsp3) is 0.571. The van der Waals surface area contributed by atoms with Gasteiger partial charge >= 0.3 is 5.97 Å². The molecule has 0 heterocycles. The predicted octanol–water partition coefficient (Wildman–Crippen LogP) is 0.488. The average Bonchev–Trinajstić information content (AvgIpc) is 1.89. The first-order chi connectivity index (χ1) is 4.81. The van der Waals surface area contributed by atoms with Crippen LogP contribution in [-0.2, 0) is 9.53 Å². The Kier molecular flexibility index (Phi) is 5.77. The van der Waals surface area contributed by atoms with E-state index in [1.54, 1.807) is 13.0 Å². The Morgan fingerprint density at radius 1 is 1.70 bits per heavy atom. The highest BCUT2D eigenvalue weighted by molar-refractivity contribution is 5.81. The van der Waals surface area contributed by atoms with E-state index in [1.807, 2.05) is 0 Å². The minimum absolute atomic E-state index is 0.0654. The molecule has 0 bridgehead atoms. The number of carbonyl (C=O) groups excluding carboxylic acids is 1. The van der Waals surface area contributed by atoms with Crippen LogP contribution >= 0.6 is 0 Å². The highest BCUT2D eigenvalue weighted by atomic mass is 16.5. The van der Waals surface area contributed by atoms with E-state index in [2.05, 4.69) is 4.74 Å². The maximum absolute atomic E-state index is 10.5. The van der Waals surface area contributed by atoms with Gasteiger partial charge in [-0.15, -0.1) is 0 Å². The Balaban J connectivity index is 3.36. The van der Waals surface area contributed by atoms with Gasteiger partial charge in [-0.3, -0.25) is 0 Å². The largest absolute Gasteiger partial charge is 0.463 e. The van der Waals surface area contributed by atoms with Crippen molar-refractivity contribution in [2.45, 2.75) is 13.3 Å². The summed E-state index contributed by atoms with van der Waals surface area (Å²) in [5, 5.41) is 8.31. The van der Waals surface area contributed by atoms with Gasteiger partial charge in [0, 0.05) is 12.7 Å². The smallest absolute Gasteiger partial charge is 0.330 e. The molecule has 0 aromatic carbocycles. The third-order valence-corrected chi connectivity index (χ3v) is 0.836. The summed E-state index contributed by atoms with van der Waals surface area (Å²) >= 11 is 0. The third-order valence-electron chi connectivity index (χ3n) is 0.836.